The average Bonchev–Trinajstić information content (AvgIpc) is 2.35. The first kappa shape index (κ1) is 10.2. The molecule has 0 radical (unpaired) electrons. The third-order valence-electron chi connectivity index (χ3n) is 3.21. The molecule has 3 aromatic carbocycles. The normalized spacial score (nSPS) is 10.9. The van der Waals surface area contributed by atoms with Gasteiger partial charge in [0.1, 0.15) is 0 Å². The van der Waals surface area contributed by atoms with Gasteiger partial charge in [-0.1, -0.05) is 36.4 Å². The van der Waals surface area contributed by atoms with Gasteiger partial charge in [0.2, 0.25) is 0 Å². The highest BCUT2D eigenvalue weighted by molar-refractivity contribution is 6.03. The SMILES string of the molecule is CN(C)c1cccc2cc3ccccc3cc12. The zero-order chi connectivity index (χ0) is 11.8. The van der Waals surface area contributed by atoms with E-state index in [4.69, 9.17) is 0 Å². The van der Waals surface area contributed by atoms with Crippen LogP contribution < -0.4 is 4.90 Å². The van der Waals surface area contributed by atoms with Crippen molar-refractivity contribution in [3.05, 3.63) is 54.6 Å². The number of benzene rings is 3. The number of hydrogen-bond acceptors (Lipinski definition) is 1. The Hall–Kier alpha value is -2.02. The molecule has 0 saturated carbocycles. The molecular formula is C16H15N. The summed E-state index contributed by atoms with van der Waals surface area (Å²) < 4.78 is 0. The molecule has 17 heavy (non-hydrogen) atoms. The number of fused-ring (bicyclic) bond motifs is 2. The Morgan fingerprint density at radius 3 is 2.06 bits per heavy atom. The van der Waals surface area contributed by atoms with Crippen LogP contribution in [0.4, 0.5) is 5.69 Å². The van der Waals surface area contributed by atoms with Gasteiger partial charge in [0.15, 0.2) is 0 Å². The molecule has 0 aliphatic heterocycles. The summed E-state index contributed by atoms with van der Waals surface area (Å²) in [6.07, 6.45) is 0. The van der Waals surface area contributed by atoms with Gasteiger partial charge in [0.25, 0.3) is 0 Å². The van der Waals surface area contributed by atoms with Crippen LogP contribution in [-0.2, 0) is 0 Å². The number of hydrogen-bond donors (Lipinski definition) is 0. The molecule has 0 saturated heterocycles. The van der Waals surface area contributed by atoms with Gasteiger partial charge in [-0.25, -0.2) is 0 Å². The summed E-state index contributed by atoms with van der Waals surface area (Å²) in [6.45, 7) is 0. The average molecular weight is 221 g/mol. The molecule has 0 N–H and O–H groups in total. The smallest absolute Gasteiger partial charge is 0.0440 e. The third-order valence-corrected chi connectivity index (χ3v) is 3.21. The minimum atomic E-state index is 1.27. The lowest BCUT2D eigenvalue weighted by Gasteiger charge is -2.15. The van der Waals surface area contributed by atoms with Crippen molar-refractivity contribution in [2.24, 2.45) is 0 Å². The predicted octanol–water partition coefficient (Wildman–Crippen LogP) is 4.06. The van der Waals surface area contributed by atoms with Crippen LogP contribution in [0.3, 0.4) is 0 Å². The summed E-state index contributed by atoms with van der Waals surface area (Å²) >= 11 is 0. The number of rotatable bonds is 1. The van der Waals surface area contributed by atoms with E-state index in [-0.39, 0.29) is 0 Å². The van der Waals surface area contributed by atoms with Gasteiger partial charge in [-0.3, -0.25) is 0 Å². The van der Waals surface area contributed by atoms with Gasteiger partial charge in [-0.15, -0.1) is 0 Å². The third kappa shape index (κ3) is 1.64. The first-order valence-corrected chi connectivity index (χ1v) is 5.84. The summed E-state index contributed by atoms with van der Waals surface area (Å²) in [4.78, 5) is 2.16. The zero-order valence-corrected chi connectivity index (χ0v) is 10.1. The van der Waals surface area contributed by atoms with Crippen molar-refractivity contribution in [3.8, 4) is 0 Å². The van der Waals surface area contributed by atoms with E-state index in [2.05, 4.69) is 73.6 Å². The van der Waals surface area contributed by atoms with Crippen LogP contribution in [0.15, 0.2) is 54.6 Å². The molecule has 3 aromatic rings. The molecule has 0 fully saturated rings. The molecule has 0 spiro atoms. The summed E-state index contributed by atoms with van der Waals surface area (Å²) in [7, 11) is 4.17. The van der Waals surface area contributed by atoms with Crippen LogP contribution in [0, 0.1) is 0 Å². The lowest BCUT2D eigenvalue weighted by molar-refractivity contribution is 1.14. The van der Waals surface area contributed by atoms with E-state index in [0.717, 1.165) is 0 Å². The van der Waals surface area contributed by atoms with Gasteiger partial charge in [0, 0.05) is 25.2 Å². The molecular weight excluding hydrogens is 206 g/mol. The molecule has 0 bridgehead atoms. The van der Waals surface area contributed by atoms with Crippen molar-refractivity contribution in [2.75, 3.05) is 19.0 Å². The predicted molar refractivity (Wildman–Crippen MR) is 75.8 cm³/mol. The lowest BCUT2D eigenvalue weighted by atomic mass is 10.0. The van der Waals surface area contributed by atoms with E-state index in [1.54, 1.807) is 0 Å². The van der Waals surface area contributed by atoms with Crippen molar-refractivity contribution in [2.45, 2.75) is 0 Å². The Labute approximate surface area is 101 Å². The Bertz CT molecular complexity index is 683. The molecule has 1 heteroatoms. The fraction of sp³-hybridized carbons (Fsp3) is 0.125. The van der Waals surface area contributed by atoms with Gasteiger partial charge < -0.3 is 4.90 Å². The van der Waals surface area contributed by atoms with Crippen LogP contribution in [-0.4, -0.2) is 14.1 Å². The molecule has 0 aliphatic carbocycles. The largest absolute Gasteiger partial charge is 0.377 e. The second-order valence-corrected chi connectivity index (χ2v) is 4.59. The molecule has 3 rings (SSSR count). The van der Waals surface area contributed by atoms with Crippen molar-refractivity contribution < 1.29 is 0 Å². The van der Waals surface area contributed by atoms with Crippen molar-refractivity contribution in [3.63, 3.8) is 0 Å². The maximum absolute atomic E-state index is 2.28. The maximum atomic E-state index is 2.28. The van der Waals surface area contributed by atoms with Crippen molar-refractivity contribution >= 4 is 27.2 Å². The highest BCUT2D eigenvalue weighted by Crippen LogP contribution is 2.29. The highest BCUT2D eigenvalue weighted by atomic mass is 15.1. The standard InChI is InChI=1S/C16H15N/c1-17(2)16-9-5-8-14-10-12-6-3-4-7-13(12)11-15(14)16/h3-11H,1-2H3. The van der Waals surface area contributed by atoms with E-state index in [1.165, 1.54) is 27.2 Å². The number of anilines is 1. The zero-order valence-electron chi connectivity index (χ0n) is 10.1. The topological polar surface area (TPSA) is 3.24 Å². The molecule has 0 unspecified atom stereocenters. The summed E-state index contributed by atoms with van der Waals surface area (Å²) in [5.74, 6) is 0. The van der Waals surface area contributed by atoms with E-state index < -0.39 is 0 Å². The van der Waals surface area contributed by atoms with Gasteiger partial charge in [-0.2, -0.15) is 0 Å². The fourth-order valence-electron chi connectivity index (χ4n) is 2.34. The fourth-order valence-corrected chi connectivity index (χ4v) is 2.34. The van der Waals surface area contributed by atoms with Crippen LogP contribution in [0.2, 0.25) is 0 Å². The first-order valence-electron chi connectivity index (χ1n) is 5.84. The van der Waals surface area contributed by atoms with E-state index in [9.17, 15) is 0 Å². The Kier molecular flexibility index (Phi) is 2.25. The van der Waals surface area contributed by atoms with Gasteiger partial charge in [0.05, 0.1) is 0 Å². The molecule has 0 amide bonds. The molecule has 0 atom stereocenters. The highest BCUT2D eigenvalue weighted by Gasteiger charge is 2.03. The summed E-state index contributed by atoms with van der Waals surface area (Å²) in [6, 6.07) is 19.5. The quantitative estimate of drug-likeness (QED) is 0.560. The van der Waals surface area contributed by atoms with Gasteiger partial charge in [-0.05, 0) is 34.4 Å². The maximum Gasteiger partial charge on any atom is 0.0440 e. The van der Waals surface area contributed by atoms with Crippen molar-refractivity contribution in [1.29, 1.82) is 0 Å². The second kappa shape index (κ2) is 3.77. The van der Waals surface area contributed by atoms with Crippen LogP contribution in [0.25, 0.3) is 21.5 Å². The molecule has 0 aromatic heterocycles. The van der Waals surface area contributed by atoms with Gasteiger partial charge >= 0.3 is 0 Å². The minimum Gasteiger partial charge on any atom is -0.377 e. The molecule has 0 heterocycles. The Morgan fingerprint density at radius 1 is 0.706 bits per heavy atom. The monoisotopic (exact) mass is 221 g/mol. The van der Waals surface area contributed by atoms with Crippen LogP contribution >= 0.6 is 0 Å². The Morgan fingerprint density at radius 2 is 1.35 bits per heavy atom. The summed E-state index contributed by atoms with van der Waals surface area (Å²) in [5, 5.41) is 5.22. The lowest BCUT2D eigenvalue weighted by Crippen LogP contribution is -2.08. The van der Waals surface area contributed by atoms with E-state index in [1.807, 2.05) is 0 Å². The molecule has 84 valence electrons. The number of nitrogens with zero attached hydrogens (tertiary/aromatic N) is 1. The minimum absolute atomic E-state index is 1.27. The van der Waals surface area contributed by atoms with Crippen LogP contribution in [0.5, 0.6) is 0 Å². The molecule has 1 nitrogen and oxygen atoms in total. The Balaban J connectivity index is 2.43. The van der Waals surface area contributed by atoms with Crippen LogP contribution in [0.1, 0.15) is 0 Å². The van der Waals surface area contributed by atoms with E-state index >= 15 is 0 Å². The van der Waals surface area contributed by atoms with Crippen molar-refractivity contribution in [1.82, 2.24) is 0 Å². The second-order valence-electron chi connectivity index (χ2n) is 4.59. The summed E-state index contributed by atoms with van der Waals surface area (Å²) in [5.41, 5.74) is 1.27. The first-order chi connectivity index (χ1) is 8.25. The molecule has 0 aliphatic rings. The van der Waals surface area contributed by atoms with E-state index in [0.29, 0.717) is 0 Å².